The van der Waals surface area contributed by atoms with Crippen LogP contribution in [0, 0.1) is 11.3 Å². The minimum Gasteiger partial charge on any atom is -0.420 e. The summed E-state index contributed by atoms with van der Waals surface area (Å²) in [5, 5.41) is 2.70. The molecule has 2 unspecified atom stereocenters. The third-order valence-corrected chi connectivity index (χ3v) is 5.78. The Bertz CT molecular complexity index is 878. The Hall–Kier alpha value is -1.93. The number of halogens is 4. The number of fused-ring (bicyclic) bond motifs is 1. The summed E-state index contributed by atoms with van der Waals surface area (Å²) in [5.74, 6) is -0.587. The molecule has 0 aromatic heterocycles. The van der Waals surface area contributed by atoms with Crippen LogP contribution in [-0.2, 0) is 9.59 Å². The molecule has 0 saturated carbocycles. The highest BCUT2D eigenvalue weighted by molar-refractivity contribution is 9.09. The largest absolute Gasteiger partial charge is 0.487 e. The van der Waals surface area contributed by atoms with Crippen LogP contribution in [-0.4, -0.2) is 34.2 Å². The number of anilines is 1. The second-order valence-electron chi connectivity index (χ2n) is 7.23. The van der Waals surface area contributed by atoms with E-state index in [1.807, 2.05) is 13.8 Å². The molecule has 1 aromatic rings. The molecule has 0 radical (unpaired) electrons. The maximum absolute atomic E-state index is 12.6. The Morgan fingerprint density at radius 1 is 1.32 bits per heavy atom. The molecule has 1 aliphatic heterocycles. The van der Waals surface area contributed by atoms with E-state index >= 15 is 0 Å². The first-order chi connectivity index (χ1) is 12.9. The smallest absolute Gasteiger partial charge is 0.420 e. The molecule has 3 rings (SSSR count). The van der Waals surface area contributed by atoms with Gasteiger partial charge in [0.25, 0.3) is 5.91 Å². The molecule has 1 heterocycles. The molecule has 1 aromatic carbocycles. The average molecular weight is 476 g/mol. The van der Waals surface area contributed by atoms with E-state index in [0.717, 1.165) is 5.70 Å². The van der Waals surface area contributed by atoms with E-state index in [2.05, 4.69) is 26.0 Å². The maximum Gasteiger partial charge on any atom is 0.487 e. The summed E-state index contributed by atoms with van der Waals surface area (Å²) >= 11 is 8.30. The Morgan fingerprint density at radius 2 is 1.93 bits per heavy atom. The highest BCUT2D eigenvalue weighted by atomic mass is 79.9. The lowest BCUT2D eigenvalue weighted by atomic mass is 9.76. The second-order valence-corrected chi connectivity index (χ2v) is 8.72. The van der Waals surface area contributed by atoms with E-state index in [9.17, 15) is 18.4 Å². The third-order valence-electron chi connectivity index (χ3n) is 4.91. The van der Waals surface area contributed by atoms with Crippen LogP contribution in [0.1, 0.15) is 13.8 Å². The Kier molecular flexibility index (Phi) is 5.31. The molecule has 0 spiro atoms. The number of alkyl halides is 4. The zero-order valence-electron chi connectivity index (χ0n) is 15.3. The lowest BCUT2D eigenvalue weighted by Gasteiger charge is -2.29. The zero-order chi connectivity index (χ0) is 20.9. The van der Waals surface area contributed by atoms with Gasteiger partial charge in [-0.05, 0) is 30.3 Å². The fourth-order valence-corrected chi connectivity index (χ4v) is 4.87. The molecule has 1 saturated heterocycles. The average Bonchev–Trinajstić information content (AvgIpc) is 2.76. The predicted octanol–water partition coefficient (Wildman–Crippen LogP) is 4.49. The van der Waals surface area contributed by atoms with Crippen LogP contribution < -0.4 is 10.1 Å². The number of likely N-dealkylation sites (tertiary alicyclic amines) is 1. The normalized spacial score (nSPS) is 23.7. The van der Waals surface area contributed by atoms with Gasteiger partial charge in [-0.15, -0.1) is 8.78 Å². The quantitative estimate of drug-likeness (QED) is 0.653. The summed E-state index contributed by atoms with van der Waals surface area (Å²) in [6.07, 6.45) is 3.47. The van der Waals surface area contributed by atoms with E-state index in [-0.39, 0.29) is 28.3 Å². The van der Waals surface area contributed by atoms with Gasteiger partial charge in [-0.2, -0.15) is 0 Å². The van der Waals surface area contributed by atoms with Gasteiger partial charge in [-0.1, -0.05) is 35.9 Å². The van der Waals surface area contributed by atoms with Crippen molar-refractivity contribution in [2.45, 2.75) is 24.2 Å². The number of hydrogen-bond acceptors (Lipinski definition) is 3. The van der Waals surface area contributed by atoms with Crippen molar-refractivity contribution >= 4 is 45.0 Å². The van der Waals surface area contributed by atoms with Crippen molar-refractivity contribution in [3.8, 4) is 5.75 Å². The van der Waals surface area contributed by atoms with Gasteiger partial charge in [0.2, 0.25) is 5.91 Å². The van der Waals surface area contributed by atoms with Crippen LogP contribution in [0.4, 0.5) is 14.5 Å². The summed E-state index contributed by atoms with van der Waals surface area (Å²) in [6, 6.07) is 5.40. The van der Waals surface area contributed by atoms with Gasteiger partial charge in [-0.3, -0.25) is 9.59 Å². The lowest BCUT2D eigenvalue weighted by molar-refractivity contribution is -0.133. The molecule has 1 N–H and O–H groups in total. The standard InChI is InChI=1S/C19H18BrClF2N2O3/c1-18(2)15-13(20)8-10(9-14(15)25(3)17(18)27)16(26)24-11-4-6-12(7-5-11)28-19(21,22)23/h4-9,13,15H,1-3H3,(H,24,26). The molecule has 150 valence electrons. The van der Waals surface area contributed by atoms with Crippen molar-refractivity contribution in [2.75, 3.05) is 12.4 Å². The van der Waals surface area contributed by atoms with Crippen LogP contribution in [0.5, 0.6) is 5.75 Å². The summed E-state index contributed by atoms with van der Waals surface area (Å²) in [5.41, 5.74) is -2.80. The minimum atomic E-state index is -3.80. The van der Waals surface area contributed by atoms with Crippen molar-refractivity contribution in [1.82, 2.24) is 4.90 Å². The number of rotatable bonds is 4. The molecule has 1 aliphatic carbocycles. The summed E-state index contributed by atoms with van der Waals surface area (Å²) in [7, 11) is 1.70. The third kappa shape index (κ3) is 3.93. The van der Waals surface area contributed by atoms with Gasteiger partial charge in [0.05, 0.1) is 5.41 Å². The highest BCUT2D eigenvalue weighted by Gasteiger charge is 2.52. The van der Waals surface area contributed by atoms with Crippen LogP contribution in [0.2, 0.25) is 0 Å². The first-order valence-corrected chi connectivity index (χ1v) is 9.72. The number of ether oxygens (including phenoxy) is 1. The number of allylic oxidation sites excluding steroid dienone is 2. The van der Waals surface area contributed by atoms with E-state index in [1.54, 1.807) is 24.1 Å². The van der Waals surface area contributed by atoms with Crippen LogP contribution in [0.25, 0.3) is 0 Å². The van der Waals surface area contributed by atoms with Gasteiger partial charge in [-0.25, -0.2) is 0 Å². The second kappa shape index (κ2) is 7.15. The van der Waals surface area contributed by atoms with Gasteiger partial charge < -0.3 is 15.0 Å². The number of nitrogens with one attached hydrogen (secondary N) is 1. The zero-order valence-corrected chi connectivity index (χ0v) is 17.6. The van der Waals surface area contributed by atoms with Crippen LogP contribution in [0.3, 0.4) is 0 Å². The number of nitrogens with zero attached hydrogens (tertiary/aromatic N) is 1. The van der Waals surface area contributed by atoms with Crippen molar-refractivity contribution < 1.29 is 23.1 Å². The molecule has 1 fully saturated rings. The topological polar surface area (TPSA) is 58.6 Å². The first-order valence-electron chi connectivity index (χ1n) is 8.43. The van der Waals surface area contributed by atoms with Crippen LogP contribution in [0.15, 0.2) is 47.7 Å². The highest BCUT2D eigenvalue weighted by Crippen LogP contribution is 2.49. The van der Waals surface area contributed by atoms with Gasteiger partial charge in [0, 0.05) is 46.4 Å². The van der Waals surface area contributed by atoms with E-state index in [0.29, 0.717) is 11.3 Å². The maximum atomic E-state index is 12.6. The number of amides is 2. The Morgan fingerprint density at radius 3 is 2.50 bits per heavy atom. The van der Waals surface area contributed by atoms with Gasteiger partial charge in [0.15, 0.2) is 0 Å². The summed E-state index contributed by atoms with van der Waals surface area (Å²) in [6.45, 7) is 3.77. The fourth-order valence-electron chi connectivity index (χ4n) is 3.57. The summed E-state index contributed by atoms with van der Waals surface area (Å²) < 4.78 is 29.5. The Balaban J connectivity index is 1.76. The number of carbonyl (C=O) groups is 2. The van der Waals surface area contributed by atoms with E-state index in [1.165, 1.54) is 24.3 Å². The SMILES string of the molecule is CN1C(=O)C(C)(C)C2C1=CC(C(=O)Nc1ccc(OC(F)(F)Cl)cc1)=CC2Br. The van der Waals surface area contributed by atoms with E-state index in [4.69, 9.17) is 11.6 Å². The van der Waals surface area contributed by atoms with Crippen LogP contribution >= 0.6 is 27.5 Å². The van der Waals surface area contributed by atoms with Crippen molar-refractivity contribution in [1.29, 1.82) is 0 Å². The molecule has 2 amide bonds. The molecule has 0 bridgehead atoms. The lowest BCUT2D eigenvalue weighted by Crippen LogP contribution is -2.33. The predicted molar refractivity (Wildman–Crippen MR) is 105 cm³/mol. The van der Waals surface area contributed by atoms with E-state index < -0.39 is 11.0 Å². The molecule has 28 heavy (non-hydrogen) atoms. The summed E-state index contributed by atoms with van der Waals surface area (Å²) in [4.78, 5) is 26.5. The molecular weight excluding hydrogens is 458 g/mol. The number of benzene rings is 1. The fraction of sp³-hybridized carbons (Fsp3) is 0.368. The van der Waals surface area contributed by atoms with Gasteiger partial charge >= 0.3 is 5.57 Å². The van der Waals surface area contributed by atoms with Crippen molar-refractivity contribution in [2.24, 2.45) is 11.3 Å². The monoisotopic (exact) mass is 474 g/mol. The molecule has 9 heteroatoms. The van der Waals surface area contributed by atoms with Crippen molar-refractivity contribution in [3.05, 3.63) is 47.7 Å². The molecule has 2 aliphatic rings. The number of carbonyl (C=O) groups excluding carboxylic acids is 2. The minimum absolute atomic E-state index is 0.00469. The van der Waals surface area contributed by atoms with Gasteiger partial charge in [0.1, 0.15) is 5.75 Å². The molecule has 5 nitrogen and oxygen atoms in total. The number of hydrogen-bond donors (Lipinski definition) is 1. The Labute approximate surface area is 174 Å². The molecule has 2 atom stereocenters. The van der Waals surface area contributed by atoms with Crippen molar-refractivity contribution in [3.63, 3.8) is 0 Å². The molecular formula is C19H18BrClF2N2O3. The first kappa shape index (κ1) is 20.8.